The summed E-state index contributed by atoms with van der Waals surface area (Å²) in [6, 6.07) is 0. The lowest BCUT2D eigenvalue weighted by Gasteiger charge is -2.35. The Labute approximate surface area is 157 Å². The number of sulfonamides is 1. The van der Waals surface area contributed by atoms with Gasteiger partial charge in [-0.05, 0) is 46.5 Å². The SMILES string of the molecule is CN(CC(=O)NC(C)(C)C)S(=O)(=O)C1CCCN(C(=O)C2CCCC2)C1. The highest BCUT2D eigenvalue weighted by atomic mass is 32.2. The molecule has 1 aliphatic heterocycles. The van der Waals surface area contributed by atoms with Crippen LogP contribution in [-0.2, 0) is 19.6 Å². The molecular weight excluding hydrogens is 354 g/mol. The molecule has 0 spiro atoms. The second kappa shape index (κ2) is 8.25. The topological polar surface area (TPSA) is 86.8 Å². The molecule has 1 saturated heterocycles. The van der Waals surface area contributed by atoms with Gasteiger partial charge in [0.1, 0.15) is 0 Å². The molecule has 1 unspecified atom stereocenters. The number of hydrogen-bond acceptors (Lipinski definition) is 4. The number of carbonyl (C=O) groups is 2. The maximum absolute atomic E-state index is 12.9. The summed E-state index contributed by atoms with van der Waals surface area (Å²) < 4.78 is 26.9. The number of likely N-dealkylation sites (tertiary alicyclic amines) is 1. The number of likely N-dealkylation sites (N-methyl/N-ethyl adjacent to an activating group) is 1. The fourth-order valence-corrected chi connectivity index (χ4v) is 5.46. The van der Waals surface area contributed by atoms with E-state index in [0.717, 1.165) is 30.0 Å². The monoisotopic (exact) mass is 387 g/mol. The molecule has 2 aliphatic rings. The van der Waals surface area contributed by atoms with Crippen LogP contribution < -0.4 is 5.32 Å². The first-order valence-corrected chi connectivity index (χ1v) is 11.1. The van der Waals surface area contributed by atoms with Crippen LogP contribution in [0, 0.1) is 5.92 Å². The summed E-state index contributed by atoms with van der Waals surface area (Å²) >= 11 is 0. The van der Waals surface area contributed by atoms with Gasteiger partial charge in [0, 0.05) is 31.6 Å². The fraction of sp³-hybridized carbons (Fsp3) is 0.889. The number of hydrogen-bond donors (Lipinski definition) is 1. The molecule has 1 aliphatic carbocycles. The number of amides is 2. The number of nitrogens with one attached hydrogen (secondary N) is 1. The van der Waals surface area contributed by atoms with Crippen molar-refractivity contribution in [3.63, 3.8) is 0 Å². The van der Waals surface area contributed by atoms with Crippen molar-refractivity contribution in [3.05, 3.63) is 0 Å². The molecule has 1 heterocycles. The highest BCUT2D eigenvalue weighted by Gasteiger charge is 2.38. The summed E-state index contributed by atoms with van der Waals surface area (Å²) in [5, 5.41) is 2.15. The fourth-order valence-electron chi connectivity index (χ4n) is 3.82. The molecule has 26 heavy (non-hydrogen) atoms. The Morgan fingerprint density at radius 1 is 1.12 bits per heavy atom. The molecule has 0 aromatic rings. The van der Waals surface area contributed by atoms with Gasteiger partial charge in [0.25, 0.3) is 0 Å². The zero-order valence-corrected chi connectivity index (χ0v) is 17.3. The maximum Gasteiger partial charge on any atom is 0.235 e. The van der Waals surface area contributed by atoms with E-state index in [1.807, 2.05) is 20.8 Å². The second-order valence-electron chi connectivity index (χ2n) is 8.63. The maximum atomic E-state index is 12.9. The normalized spacial score (nSPS) is 22.7. The number of carbonyl (C=O) groups excluding carboxylic acids is 2. The van der Waals surface area contributed by atoms with Crippen LogP contribution in [-0.4, -0.2) is 66.9 Å². The van der Waals surface area contributed by atoms with E-state index in [1.54, 1.807) is 4.90 Å². The van der Waals surface area contributed by atoms with E-state index in [1.165, 1.54) is 7.05 Å². The van der Waals surface area contributed by atoms with E-state index in [9.17, 15) is 18.0 Å². The minimum Gasteiger partial charge on any atom is -0.350 e. The lowest BCUT2D eigenvalue weighted by atomic mass is 10.0. The third kappa shape index (κ3) is 5.42. The molecule has 2 rings (SSSR count). The summed E-state index contributed by atoms with van der Waals surface area (Å²) in [6.07, 6.45) is 5.21. The van der Waals surface area contributed by atoms with Gasteiger partial charge in [-0.2, -0.15) is 4.31 Å². The molecule has 1 atom stereocenters. The standard InChI is InChI=1S/C18H33N3O4S/c1-18(2,3)19-16(22)13-20(4)26(24,25)15-10-7-11-21(12-15)17(23)14-8-5-6-9-14/h14-15H,5-13H2,1-4H3,(H,19,22). The Morgan fingerprint density at radius 3 is 2.31 bits per heavy atom. The van der Waals surface area contributed by atoms with E-state index >= 15 is 0 Å². The Balaban J connectivity index is 1.98. The number of rotatable bonds is 5. The molecule has 0 radical (unpaired) electrons. The first-order chi connectivity index (χ1) is 12.0. The van der Waals surface area contributed by atoms with Crippen molar-refractivity contribution in [1.82, 2.24) is 14.5 Å². The first kappa shape index (κ1) is 21.2. The van der Waals surface area contributed by atoms with E-state index < -0.39 is 20.8 Å². The van der Waals surface area contributed by atoms with Crippen molar-refractivity contribution in [1.29, 1.82) is 0 Å². The van der Waals surface area contributed by atoms with Gasteiger partial charge in [-0.3, -0.25) is 9.59 Å². The van der Waals surface area contributed by atoms with Crippen LogP contribution in [0.15, 0.2) is 0 Å². The van der Waals surface area contributed by atoms with Gasteiger partial charge in [0.05, 0.1) is 11.8 Å². The van der Waals surface area contributed by atoms with Crippen LogP contribution in [0.4, 0.5) is 0 Å². The van der Waals surface area contributed by atoms with Crippen molar-refractivity contribution in [2.24, 2.45) is 5.92 Å². The first-order valence-electron chi connectivity index (χ1n) is 9.55. The summed E-state index contributed by atoms with van der Waals surface area (Å²) in [5.41, 5.74) is -0.406. The lowest BCUT2D eigenvalue weighted by molar-refractivity contribution is -0.136. The van der Waals surface area contributed by atoms with Gasteiger partial charge >= 0.3 is 0 Å². The zero-order valence-electron chi connectivity index (χ0n) is 16.5. The van der Waals surface area contributed by atoms with E-state index in [2.05, 4.69) is 5.32 Å². The highest BCUT2D eigenvalue weighted by Crippen LogP contribution is 2.29. The van der Waals surface area contributed by atoms with Crippen molar-refractivity contribution >= 4 is 21.8 Å². The second-order valence-corrected chi connectivity index (χ2v) is 10.9. The van der Waals surface area contributed by atoms with E-state index in [4.69, 9.17) is 0 Å². The predicted molar refractivity (Wildman–Crippen MR) is 101 cm³/mol. The lowest BCUT2D eigenvalue weighted by Crippen LogP contribution is -2.52. The largest absolute Gasteiger partial charge is 0.350 e. The third-order valence-electron chi connectivity index (χ3n) is 5.13. The summed E-state index contributed by atoms with van der Waals surface area (Å²) in [4.78, 5) is 26.4. The quantitative estimate of drug-likeness (QED) is 0.771. The Hall–Kier alpha value is -1.15. The molecule has 0 aromatic heterocycles. The van der Waals surface area contributed by atoms with Gasteiger partial charge in [-0.15, -0.1) is 0 Å². The minimum absolute atomic E-state index is 0.0618. The summed E-state index contributed by atoms with van der Waals surface area (Å²) in [5.74, 6) is -0.152. The van der Waals surface area contributed by atoms with Crippen LogP contribution in [0.5, 0.6) is 0 Å². The zero-order chi connectivity index (χ0) is 19.5. The van der Waals surface area contributed by atoms with E-state index in [0.29, 0.717) is 19.4 Å². The van der Waals surface area contributed by atoms with Crippen molar-refractivity contribution < 1.29 is 18.0 Å². The van der Waals surface area contributed by atoms with Crippen LogP contribution >= 0.6 is 0 Å². The van der Waals surface area contributed by atoms with Crippen LogP contribution in [0.1, 0.15) is 59.3 Å². The number of nitrogens with zero attached hydrogens (tertiary/aromatic N) is 2. The molecule has 2 fully saturated rings. The van der Waals surface area contributed by atoms with Crippen LogP contribution in [0.2, 0.25) is 0 Å². The molecule has 7 nitrogen and oxygen atoms in total. The van der Waals surface area contributed by atoms with Gasteiger partial charge in [0.2, 0.25) is 21.8 Å². The van der Waals surface area contributed by atoms with Crippen LogP contribution in [0.3, 0.4) is 0 Å². The molecule has 8 heteroatoms. The van der Waals surface area contributed by atoms with Gasteiger partial charge < -0.3 is 10.2 Å². The molecule has 1 saturated carbocycles. The van der Waals surface area contributed by atoms with Gasteiger partial charge in [-0.1, -0.05) is 12.8 Å². The van der Waals surface area contributed by atoms with Gasteiger partial charge in [-0.25, -0.2) is 8.42 Å². The predicted octanol–water partition coefficient (Wildman–Crippen LogP) is 1.34. The average molecular weight is 388 g/mol. The molecule has 0 bridgehead atoms. The third-order valence-corrected chi connectivity index (χ3v) is 7.36. The summed E-state index contributed by atoms with van der Waals surface area (Å²) in [6.45, 7) is 6.23. The average Bonchev–Trinajstić information content (AvgIpc) is 3.06. The number of piperidine rings is 1. The molecule has 150 valence electrons. The van der Waals surface area contributed by atoms with E-state index in [-0.39, 0.29) is 30.8 Å². The Morgan fingerprint density at radius 2 is 1.73 bits per heavy atom. The van der Waals surface area contributed by atoms with Crippen molar-refractivity contribution in [3.8, 4) is 0 Å². The Bertz CT molecular complexity index is 621. The molecule has 0 aromatic carbocycles. The molecular formula is C18H33N3O4S. The summed E-state index contributed by atoms with van der Waals surface area (Å²) in [7, 11) is -2.18. The van der Waals surface area contributed by atoms with Crippen LogP contribution in [0.25, 0.3) is 0 Å². The highest BCUT2D eigenvalue weighted by molar-refractivity contribution is 7.89. The van der Waals surface area contributed by atoms with Gasteiger partial charge in [0.15, 0.2) is 0 Å². The Kier molecular flexibility index (Phi) is 6.71. The van der Waals surface area contributed by atoms with Crippen molar-refractivity contribution in [2.75, 3.05) is 26.7 Å². The molecule has 1 N–H and O–H groups in total. The minimum atomic E-state index is -3.62. The smallest absolute Gasteiger partial charge is 0.235 e. The molecule has 2 amide bonds. The van der Waals surface area contributed by atoms with Crippen molar-refractivity contribution in [2.45, 2.75) is 70.1 Å².